The van der Waals surface area contributed by atoms with E-state index in [1.54, 1.807) is 24.3 Å². The molecule has 5 nitrogen and oxygen atoms in total. The van der Waals surface area contributed by atoms with Gasteiger partial charge in [0, 0.05) is 31.1 Å². The predicted molar refractivity (Wildman–Crippen MR) is 85.0 cm³/mol. The fraction of sp³-hybridized carbons (Fsp3) is 0.529. The number of hydrogen-bond acceptors (Lipinski definition) is 4. The van der Waals surface area contributed by atoms with Gasteiger partial charge in [0.15, 0.2) is 5.78 Å². The van der Waals surface area contributed by atoms with E-state index in [4.69, 9.17) is 10.5 Å². The fourth-order valence-corrected chi connectivity index (χ4v) is 2.59. The Kier molecular flexibility index (Phi) is 5.95. The van der Waals surface area contributed by atoms with Crippen LogP contribution in [0.4, 0.5) is 0 Å². The number of amides is 1. The number of rotatable bonds is 6. The van der Waals surface area contributed by atoms with E-state index in [1.165, 1.54) is 6.92 Å². The highest BCUT2D eigenvalue weighted by molar-refractivity contribution is 5.94. The topological polar surface area (TPSA) is 72.6 Å². The molecule has 0 aliphatic carbocycles. The van der Waals surface area contributed by atoms with Crippen molar-refractivity contribution >= 4 is 11.7 Å². The summed E-state index contributed by atoms with van der Waals surface area (Å²) >= 11 is 0. The lowest BCUT2D eigenvalue weighted by Gasteiger charge is -2.30. The lowest BCUT2D eigenvalue weighted by molar-refractivity contribution is -0.132. The van der Waals surface area contributed by atoms with Gasteiger partial charge in [-0.25, -0.2) is 0 Å². The molecule has 0 saturated carbocycles. The van der Waals surface area contributed by atoms with Gasteiger partial charge in [-0.1, -0.05) is 0 Å². The largest absolute Gasteiger partial charge is 0.494 e. The summed E-state index contributed by atoms with van der Waals surface area (Å²) in [7, 11) is 0. The SMILES string of the molecule is CC(=O)c1ccc(OCCCC(=O)N2CCCC(N)C2)cc1. The molecule has 0 spiro atoms. The van der Waals surface area contributed by atoms with Crippen molar-refractivity contribution in [3.63, 3.8) is 0 Å². The van der Waals surface area contributed by atoms with E-state index in [0.717, 1.165) is 25.1 Å². The Balaban J connectivity index is 1.68. The molecule has 0 aromatic heterocycles. The quantitative estimate of drug-likeness (QED) is 0.644. The fourth-order valence-electron chi connectivity index (χ4n) is 2.59. The summed E-state index contributed by atoms with van der Waals surface area (Å²) in [6.07, 6.45) is 3.16. The second-order valence-electron chi connectivity index (χ2n) is 5.77. The van der Waals surface area contributed by atoms with Crippen molar-refractivity contribution in [3.05, 3.63) is 29.8 Å². The standard InChI is InChI=1S/C17H24N2O3/c1-13(20)14-6-8-16(9-7-14)22-11-3-5-17(21)19-10-2-4-15(18)12-19/h6-9,15H,2-5,10-12,18H2,1H3. The molecule has 2 rings (SSSR count). The van der Waals surface area contributed by atoms with Crippen LogP contribution in [-0.4, -0.2) is 42.3 Å². The number of likely N-dealkylation sites (tertiary alicyclic amines) is 1. The molecule has 1 aliphatic heterocycles. The molecule has 120 valence electrons. The van der Waals surface area contributed by atoms with Crippen LogP contribution in [0.3, 0.4) is 0 Å². The van der Waals surface area contributed by atoms with Gasteiger partial charge >= 0.3 is 0 Å². The number of benzene rings is 1. The van der Waals surface area contributed by atoms with Crippen LogP contribution in [-0.2, 0) is 4.79 Å². The van der Waals surface area contributed by atoms with Crippen molar-refractivity contribution in [3.8, 4) is 5.75 Å². The van der Waals surface area contributed by atoms with Crippen LogP contribution in [0.5, 0.6) is 5.75 Å². The third-order valence-electron chi connectivity index (χ3n) is 3.88. The van der Waals surface area contributed by atoms with Gasteiger partial charge in [-0.2, -0.15) is 0 Å². The Morgan fingerprint density at radius 3 is 2.68 bits per heavy atom. The summed E-state index contributed by atoms with van der Waals surface area (Å²) in [6, 6.07) is 7.18. The zero-order valence-corrected chi connectivity index (χ0v) is 13.1. The molecule has 1 unspecified atom stereocenters. The first-order valence-electron chi connectivity index (χ1n) is 7.83. The lowest BCUT2D eigenvalue weighted by Crippen LogP contribution is -2.45. The molecule has 5 heteroatoms. The maximum absolute atomic E-state index is 12.1. The molecule has 22 heavy (non-hydrogen) atoms. The number of piperidine rings is 1. The van der Waals surface area contributed by atoms with E-state index in [-0.39, 0.29) is 17.7 Å². The van der Waals surface area contributed by atoms with Crippen molar-refractivity contribution in [2.75, 3.05) is 19.7 Å². The van der Waals surface area contributed by atoms with Crippen LogP contribution in [0.25, 0.3) is 0 Å². The Morgan fingerprint density at radius 2 is 2.05 bits per heavy atom. The van der Waals surface area contributed by atoms with Gasteiger partial charge < -0.3 is 15.4 Å². The number of carbonyl (C=O) groups excluding carboxylic acids is 2. The third-order valence-corrected chi connectivity index (χ3v) is 3.88. The Labute approximate surface area is 131 Å². The summed E-state index contributed by atoms with van der Waals surface area (Å²) in [5, 5.41) is 0. The van der Waals surface area contributed by atoms with E-state index in [1.807, 2.05) is 4.90 Å². The van der Waals surface area contributed by atoms with Gasteiger partial charge in [-0.05, 0) is 50.5 Å². The predicted octanol–water partition coefficient (Wildman–Crippen LogP) is 2.00. The van der Waals surface area contributed by atoms with Crippen molar-refractivity contribution in [2.45, 2.75) is 38.6 Å². The average Bonchev–Trinajstić information content (AvgIpc) is 2.51. The van der Waals surface area contributed by atoms with Crippen molar-refractivity contribution in [1.82, 2.24) is 4.90 Å². The number of hydrogen-bond donors (Lipinski definition) is 1. The molecule has 1 saturated heterocycles. The van der Waals surface area contributed by atoms with Crippen LogP contribution in [0.1, 0.15) is 43.0 Å². The summed E-state index contributed by atoms with van der Waals surface area (Å²) < 4.78 is 5.59. The monoisotopic (exact) mass is 304 g/mol. The van der Waals surface area contributed by atoms with E-state index >= 15 is 0 Å². The van der Waals surface area contributed by atoms with Gasteiger partial charge in [0.1, 0.15) is 5.75 Å². The van der Waals surface area contributed by atoms with E-state index < -0.39 is 0 Å². The van der Waals surface area contributed by atoms with E-state index in [2.05, 4.69) is 0 Å². The molecule has 1 heterocycles. The molecular formula is C17H24N2O3. The second-order valence-corrected chi connectivity index (χ2v) is 5.77. The minimum atomic E-state index is 0.0388. The summed E-state index contributed by atoms with van der Waals surface area (Å²) in [5.74, 6) is 0.917. The number of ether oxygens (including phenoxy) is 1. The normalized spacial score (nSPS) is 18.1. The van der Waals surface area contributed by atoms with Gasteiger partial charge in [-0.15, -0.1) is 0 Å². The van der Waals surface area contributed by atoms with Crippen molar-refractivity contribution in [2.24, 2.45) is 5.73 Å². The maximum Gasteiger partial charge on any atom is 0.222 e. The van der Waals surface area contributed by atoms with Crippen LogP contribution in [0, 0.1) is 0 Å². The number of carbonyl (C=O) groups is 2. The highest BCUT2D eigenvalue weighted by atomic mass is 16.5. The molecule has 1 aliphatic rings. The molecule has 0 radical (unpaired) electrons. The van der Waals surface area contributed by atoms with Gasteiger partial charge in [-0.3, -0.25) is 9.59 Å². The minimum absolute atomic E-state index is 0.0388. The number of ketones is 1. The van der Waals surface area contributed by atoms with E-state index in [9.17, 15) is 9.59 Å². The smallest absolute Gasteiger partial charge is 0.222 e. The number of Topliss-reactive ketones (excluding diaryl/α,β-unsaturated/α-hetero) is 1. The zero-order valence-electron chi connectivity index (χ0n) is 13.1. The van der Waals surface area contributed by atoms with Gasteiger partial charge in [0.05, 0.1) is 6.61 Å². The van der Waals surface area contributed by atoms with Crippen LogP contribution in [0.2, 0.25) is 0 Å². The highest BCUT2D eigenvalue weighted by Gasteiger charge is 2.20. The Hall–Kier alpha value is -1.88. The molecule has 2 N–H and O–H groups in total. The van der Waals surface area contributed by atoms with Crippen LogP contribution < -0.4 is 10.5 Å². The molecule has 1 atom stereocenters. The molecule has 0 bridgehead atoms. The Bertz CT molecular complexity index is 513. The minimum Gasteiger partial charge on any atom is -0.494 e. The maximum atomic E-state index is 12.1. The van der Waals surface area contributed by atoms with Crippen LogP contribution in [0.15, 0.2) is 24.3 Å². The Morgan fingerprint density at radius 1 is 1.32 bits per heavy atom. The van der Waals surface area contributed by atoms with Gasteiger partial charge in [0.2, 0.25) is 5.91 Å². The lowest BCUT2D eigenvalue weighted by atomic mass is 10.1. The third kappa shape index (κ3) is 4.84. The molecule has 1 aromatic rings. The second kappa shape index (κ2) is 7.94. The first-order chi connectivity index (χ1) is 10.6. The summed E-state index contributed by atoms with van der Waals surface area (Å²) in [4.78, 5) is 25.1. The molecule has 1 fully saturated rings. The van der Waals surface area contributed by atoms with Gasteiger partial charge in [0.25, 0.3) is 0 Å². The number of nitrogens with two attached hydrogens (primary N) is 1. The van der Waals surface area contributed by atoms with Crippen molar-refractivity contribution < 1.29 is 14.3 Å². The molecule has 1 aromatic carbocycles. The molecular weight excluding hydrogens is 280 g/mol. The summed E-state index contributed by atoms with van der Waals surface area (Å²) in [5.41, 5.74) is 6.55. The first-order valence-corrected chi connectivity index (χ1v) is 7.83. The number of nitrogens with zero attached hydrogens (tertiary/aromatic N) is 1. The average molecular weight is 304 g/mol. The highest BCUT2D eigenvalue weighted by Crippen LogP contribution is 2.14. The van der Waals surface area contributed by atoms with Crippen LogP contribution >= 0.6 is 0 Å². The zero-order chi connectivity index (χ0) is 15.9. The van der Waals surface area contributed by atoms with Crippen molar-refractivity contribution in [1.29, 1.82) is 0 Å². The first kappa shape index (κ1) is 16.5. The van der Waals surface area contributed by atoms with E-state index in [0.29, 0.717) is 31.6 Å². The summed E-state index contributed by atoms with van der Waals surface area (Å²) in [6.45, 7) is 3.52. The molecule has 1 amide bonds.